The Morgan fingerprint density at radius 2 is 1.52 bits per heavy atom. The second-order valence-corrected chi connectivity index (χ2v) is 7.73. The Hall–Kier alpha value is -0.710. The molecule has 0 radical (unpaired) electrons. The molecule has 0 aliphatic carbocycles. The van der Waals surface area contributed by atoms with Gasteiger partial charge in [0.15, 0.2) is 6.61 Å². The highest BCUT2D eigenvalue weighted by atomic mass is 32.1. The van der Waals surface area contributed by atoms with Gasteiger partial charge in [-0.1, -0.05) is 41.5 Å². The number of halogens is 3. The van der Waals surface area contributed by atoms with E-state index >= 15 is 0 Å². The van der Waals surface area contributed by atoms with Crippen molar-refractivity contribution in [2.45, 2.75) is 71.4 Å². The van der Waals surface area contributed by atoms with Crippen LogP contribution in [0.4, 0.5) is 13.2 Å². The molecule has 0 bridgehead atoms. The molecular formula is C16H25F3OS. The third kappa shape index (κ3) is 4.63. The van der Waals surface area contributed by atoms with Crippen molar-refractivity contribution >= 4 is 11.3 Å². The Morgan fingerprint density at radius 1 is 1.00 bits per heavy atom. The summed E-state index contributed by atoms with van der Waals surface area (Å²) in [7, 11) is 0. The summed E-state index contributed by atoms with van der Waals surface area (Å²) in [4.78, 5) is 1.99. The van der Waals surface area contributed by atoms with E-state index in [1.165, 1.54) is 0 Å². The maximum atomic E-state index is 12.4. The maximum absolute atomic E-state index is 12.4. The van der Waals surface area contributed by atoms with Crippen LogP contribution in [0.2, 0.25) is 0 Å². The number of ether oxygens (including phenoxy) is 1. The van der Waals surface area contributed by atoms with Crippen molar-refractivity contribution in [1.82, 2.24) is 0 Å². The molecule has 1 aromatic heterocycles. The van der Waals surface area contributed by atoms with Crippen molar-refractivity contribution in [2.24, 2.45) is 0 Å². The fourth-order valence-electron chi connectivity index (χ4n) is 1.78. The van der Waals surface area contributed by atoms with Gasteiger partial charge in [0.05, 0.1) is 4.88 Å². The lowest BCUT2D eigenvalue weighted by Gasteiger charge is -2.23. The fourth-order valence-corrected chi connectivity index (χ4v) is 3.23. The molecule has 0 spiro atoms. The van der Waals surface area contributed by atoms with Gasteiger partial charge >= 0.3 is 6.18 Å². The summed E-state index contributed by atoms with van der Waals surface area (Å²) >= 11 is 1.58. The lowest BCUT2D eigenvalue weighted by molar-refractivity contribution is -0.153. The van der Waals surface area contributed by atoms with Crippen molar-refractivity contribution in [3.05, 3.63) is 15.8 Å². The van der Waals surface area contributed by atoms with Gasteiger partial charge in [-0.3, -0.25) is 0 Å². The van der Waals surface area contributed by atoms with Gasteiger partial charge < -0.3 is 4.74 Å². The second-order valence-electron chi connectivity index (χ2n) is 6.68. The van der Waals surface area contributed by atoms with Crippen molar-refractivity contribution in [2.75, 3.05) is 6.61 Å². The Morgan fingerprint density at radius 3 is 1.95 bits per heavy atom. The first-order valence-electron chi connectivity index (χ1n) is 7.27. The molecule has 0 aliphatic heterocycles. The average Bonchev–Trinajstić information content (AvgIpc) is 2.81. The van der Waals surface area contributed by atoms with E-state index < -0.39 is 12.8 Å². The molecule has 0 unspecified atom stereocenters. The first kappa shape index (κ1) is 18.3. The van der Waals surface area contributed by atoms with E-state index in [0.717, 1.165) is 22.6 Å². The van der Waals surface area contributed by atoms with Crippen LogP contribution in [0.3, 0.4) is 0 Å². The van der Waals surface area contributed by atoms with Gasteiger partial charge in [-0.15, -0.1) is 11.3 Å². The van der Waals surface area contributed by atoms with E-state index in [0.29, 0.717) is 5.75 Å². The van der Waals surface area contributed by atoms with E-state index in [1.54, 1.807) is 17.4 Å². The monoisotopic (exact) mass is 322 g/mol. The van der Waals surface area contributed by atoms with Crippen molar-refractivity contribution < 1.29 is 17.9 Å². The quantitative estimate of drug-likeness (QED) is 0.618. The molecule has 0 aromatic carbocycles. The van der Waals surface area contributed by atoms with E-state index in [2.05, 4.69) is 20.8 Å². The minimum absolute atomic E-state index is 0.0525. The maximum Gasteiger partial charge on any atom is 0.422 e. The topological polar surface area (TPSA) is 9.23 Å². The van der Waals surface area contributed by atoms with Gasteiger partial charge in [-0.05, 0) is 24.3 Å². The second kappa shape index (κ2) is 6.19. The molecule has 0 saturated carbocycles. The third-order valence-electron chi connectivity index (χ3n) is 4.14. The first-order chi connectivity index (χ1) is 9.43. The smallest absolute Gasteiger partial charge is 0.422 e. The normalized spacial score (nSPS) is 13.6. The molecule has 21 heavy (non-hydrogen) atoms. The number of hydrogen-bond acceptors (Lipinski definition) is 2. The number of hydrogen-bond donors (Lipinski definition) is 0. The highest BCUT2D eigenvalue weighted by Crippen LogP contribution is 2.45. The fraction of sp³-hybridized carbons (Fsp3) is 0.750. The van der Waals surface area contributed by atoms with Crippen molar-refractivity contribution in [3.8, 4) is 5.75 Å². The molecule has 0 aliphatic rings. The summed E-state index contributed by atoms with van der Waals surface area (Å²) in [5.41, 5.74) is -0.239. The standard InChI is InChI=1S/C16H25F3OS/c1-7-14(3,4)12-9-11(20-10-16(17,18)19)13(21-12)15(5,6)8-2/h9H,7-8,10H2,1-6H3. The third-order valence-corrected chi connectivity index (χ3v) is 5.99. The first-order valence-corrected chi connectivity index (χ1v) is 8.09. The van der Waals surface area contributed by atoms with Crippen LogP contribution >= 0.6 is 11.3 Å². The largest absolute Gasteiger partial charge is 0.483 e. The van der Waals surface area contributed by atoms with E-state index in [-0.39, 0.29) is 10.8 Å². The van der Waals surface area contributed by atoms with E-state index in [9.17, 15) is 13.2 Å². The minimum atomic E-state index is -4.31. The zero-order chi connectivity index (χ0) is 16.5. The molecule has 0 amide bonds. The highest BCUT2D eigenvalue weighted by molar-refractivity contribution is 7.12. The molecule has 0 atom stereocenters. The van der Waals surface area contributed by atoms with Crippen LogP contribution < -0.4 is 4.74 Å². The molecule has 0 saturated heterocycles. The van der Waals surface area contributed by atoms with E-state index in [1.807, 2.05) is 20.8 Å². The van der Waals surface area contributed by atoms with Crippen LogP contribution in [0, 0.1) is 0 Å². The molecule has 1 heterocycles. The molecule has 122 valence electrons. The summed E-state index contributed by atoms with van der Waals surface area (Å²) in [6.45, 7) is 11.2. The molecule has 1 nitrogen and oxygen atoms in total. The summed E-state index contributed by atoms with van der Waals surface area (Å²) in [6.07, 6.45) is -2.53. The van der Waals surface area contributed by atoms with Crippen molar-refractivity contribution in [1.29, 1.82) is 0 Å². The zero-order valence-electron chi connectivity index (χ0n) is 13.6. The summed E-state index contributed by atoms with van der Waals surface area (Å²) < 4.78 is 42.4. The Kier molecular flexibility index (Phi) is 5.40. The Bertz CT molecular complexity index is 472. The minimum Gasteiger partial charge on any atom is -0.483 e. The van der Waals surface area contributed by atoms with Crippen LogP contribution in [0.5, 0.6) is 5.75 Å². The van der Waals surface area contributed by atoms with Crippen LogP contribution in [-0.2, 0) is 10.8 Å². The Labute approximate surface area is 129 Å². The van der Waals surface area contributed by atoms with Crippen LogP contribution in [-0.4, -0.2) is 12.8 Å². The van der Waals surface area contributed by atoms with Gasteiger partial charge in [0.1, 0.15) is 5.75 Å². The van der Waals surface area contributed by atoms with Crippen LogP contribution in [0.1, 0.15) is 64.1 Å². The SMILES string of the molecule is CCC(C)(C)c1cc(OCC(F)(F)F)c(C(C)(C)CC)s1. The lowest BCUT2D eigenvalue weighted by Crippen LogP contribution is -2.21. The van der Waals surface area contributed by atoms with Crippen molar-refractivity contribution in [3.63, 3.8) is 0 Å². The number of alkyl halides is 3. The van der Waals surface area contributed by atoms with Gasteiger partial charge in [0, 0.05) is 10.3 Å². The number of rotatable bonds is 6. The summed E-state index contributed by atoms with van der Waals surface area (Å²) in [5.74, 6) is 0.390. The van der Waals surface area contributed by atoms with Gasteiger partial charge in [-0.2, -0.15) is 13.2 Å². The molecule has 1 rings (SSSR count). The van der Waals surface area contributed by atoms with Gasteiger partial charge in [0.2, 0.25) is 0 Å². The summed E-state index contributed by atoms with van der Waals surface area (Å²) in [6, 6.07) is 1.80. The summed E-state index contributed by atoms with van der Waals surface area (Å²) in [5, 5.41) is 0. The van der Waals surface area contributed by atoms with Crippen LogP contribution in [0.25, 0.3) is 0 Å². The molecule has 0 N–H and O–H groups in total. The van der Waals surface area contributed by atoms with Gasteiger partial charge in [0.25, 0.3) is 0 Å². The highest BCUT2D eigenvalue weighted by Gasteiger charge is 2.33. The predicted molar refractivity (Wildman–Crippen MR) is 82.5 cm³/mol. The zero-order valence-corrected chi connectivity index (χ0v) is 14.5. The van der Waals surface area contributed by atoms with Crippen LogP contribution in [0.15, 0.2) is 6.07 Å². The molecule has 5 heteroatoms. The average molecular weight is 322 g/mol. The van der Waals surface area contributed by atoms with Gasteiger partial charge in [-0.25, -0.2) is 0 Å². The Balaban J connectivity index is 3.20. The molecule has 0 fully saturated rings. The lowest BCUT2D eigenvalue weighted by atomic mass is 9.86. The molecule has 1 aromatic rings. The van der Waals surface area contributed by atoms with E-state index in [4.69, 9.17) is 4.74 Å². The number of thiophene rings is 1. The molecular weight excluding hydrogens is 297 g/mol. The predicted octanol–water partition coefficient (Wildman–Crippen LogP) is 6.06.